The van der Waals surface area contributed by atoms with Crippen LogP contribution in [-0.4, -0.2) is 17.7 Å². The highest BCUT2D eigenvalue weighted by atomic mass is 16.2. The number of azo groups is 3. The zero-order chi connectivity index (χ0) is 46.9. The van der Waals surface area contributed by atoms with Crippen LogP contribution in [0.3, 0.4) is 0 Å². The Kier molecular flexibility index (Phi) is 12.3. The van der Waals surface area contributed by atoms with E-state index < -0.39 is 17.7 Å². The molecule has 0 spiro atoms. The molecular weight excluding hydrogens is 859 g/mol. The van der Waals surface area contributed by atoms with Crippen molar-refractivity contribution < 1.29 is 14.4 Å². The lowest BCUT2D eigenvalue weighted by Crippen LogP contribution is -2.19. The Morgan fingerprint density at radius 1 is 0.261 bits per heavy atom. The molecule has 0 saturated carbocycles. The number of hydrogen-bond donors (Lipinski definition) is 3. The van der Waals surface area contributed by atoms with Gasteiger partial charge >= 0.3 is 0 Å². The average Bonchev–Trinajstić information content (AvgIpc) is 3.41. The quantitative estimate of drug-likeness (QED) is 0.104. The molecule has 0 saturated heterocycles. The van der Waals surface area contributed by atoms with Gasteiger partial charge in [0.2, 0.25) is 0 Å². The molecule has 0 unspecified atom stereocenters. The van der Waals surface area contributed by atoms with Gasteiger partial charge in [0.25, 0.3) is 17.7 Å². The van der Waals surface area contributed by atoms with Crippen molar-refractivity contribution in [2.45, 2.75) is 0 Å². The summed E-state index contributed by atoms with van der Waals surface area (Å²) in [5.41, 5.74) is 5.69. The molecule has 0 aliphatic rings. The number of hydrogen-bond acceptors (Lipinski definition) is 9. The highest BCUT2D eigenvalue weighted by molar-refractivity contribution is 6.17. The van der Waals surface area contributed by atoms with Crippen LogP contribution >= 0.6 is 0 Å². The van der Waals surface area contributed by atoms with Crippen molar-refractivity contribution in [1.82, 2.24) is 0 Å². The Morgan fingerprint density at radius 2 is 0.507 bits per heavy atom. The van der Waals surface area contributed by atoms with Gasteiger partial charge in [-0.2, -0.15) is 15.3 Å². The molecule has 12 heteroatoms. The molecule has 3 N–H and O–H groups in total. The van der Waals surface area contributed by atoms with Crippen LogP contribution in [0.4, 0.5) is 51.2 Å². The number of nitrogens with zero attached hydrogens (tertiary/aromatic N) is 6. The molecule has 0 heterocycles. The molecule has 10 aromatic carbocycles. The first-order valence-corrected chi connectivity index (χ1v) is 22.0. The number of fused-ring (bicyclic) bond motifs is 3. The van der Waals surface area contributed by atoms with E-state index in [1.165, 1.54) is 18.2 Å². The Labute approximate surface area is 395 Å². The Morgan fingerprint density at radius 3 is 0.783 bits per heavy atom. The summed E-state index contributed by atoms with van der Waals surface area (Å²) >= 11 is 0. The third-order valence-electron chi connectivity index (χ3n) is 11.3. The van der Waals surface area contributed by atoms with Crippen molar-refractivity contribution >= 4 is 101 Å². The summed E-state index contributed by atoms with van der Waals surface area (Å²) < 4.78 is 0. The number of carbonyl (C=O) groups is 3. The number of anilines is 3. The molecule has 0 aromatic heterocycles. The predicted molar refractivity (Wildman–Crippen MR) is 274 cm³/mol. The maximum absolute atomic E-state index is 14.4. The first-order chi connectivity index (χ1) is 33.9. The van der Waals surface area contributed by atoms with E-state index in [1.807, 2.05) is 164 Å². The van der Waals surface area contributed by atoms with E-state index in [2.05, 4.69) is 46.6 Å². The number of nitrogens with one attached hydrogen (secondary N) is 3. The Hall–Kier alpha value is -9.81. The molecule has 0 atom stereocenters. The fourth-order valence-electron chi connectivity index (χ4n) is 7.86. The van der Waals surface area contributed by atoms with Crippen molar-refractivity contribution in [2.24, 2.45) is 30.7 Å². The van der Waals surface area contributed by atoms with Gasteiger partial charge in [-0.3, -0.25) is 14.4 Å². The summed E-state index contributed by atoms with van der Waals surface area (Å²) in [6.07, 6.45) is 0. The molecule has 0 radical (unpaired) electrons. The summed E-state index contributed by atoms with van der Waals surface area (Å²) in [5, 5.41) is 40.3. The molecule has 10 aromatic rings. The molecule has 10 rings (SSSR count). The van der Waals surface area contributed by atoms with Crippen LogP contribution in [0.15, 0.2) is 249 Å². The van der Waals surface area contributed by atoms with Gasteiger partial charge in [0.15, 0.2) is 0 Å². The Bertz CT molecular complexity index is 3260. The fraction of sp³-hybridized carbons (Fsp3) is 0. The second-order valence-corrected chi connectivity index (χ2v) is 15.8. The minimum absolute atomic E-state index is 0.0766. The zero-order valence-electron chi connectivity index (χ0n) is 36.7. The second kappa shape index (κ2) is 19.7. The van der Waals surface area contributed by atoms with Crippen LogP contribution in [-0.2, 0) is 0 Å². The highest BCUT2D eigenvalue weighted by Gasteiger charge is 2.20. The number of carbonyl (C=O) groups excluding carboxylic acids is 3. The average molecular weight is 898 g/mol. The predicted octanol–water partition coefficient (Wildman–Crippen LogP) is 16.1. The first-order valence-electron chi connectivity index (χ1n) is 22.0. The highest BCUT2D eigenvalue weighted by Crippen LogP contribution is 2.36. The number of rotatable bonds is 12. The number of benzene rings is 10. The summed E-state index contributed by atoms with van der Waals surface area (Å²) in [7, 11) is 0. The second-order valence-electron chi connectivity index (χ2n) is 15.8. The van der Waals surface area contributed by atoms with Gasteiger partial charge in [-0.05, 0) is 91.0 Å². The van der Waals surface area contributed by atoms with Crippen molar-refractivity contribution in [3.05, 3.63) is 235 Å². The smallest absolute Gasteiger partial charge is 0.255 e. The van der Waals surface area contributed by atoms with Gasteiger partial charge in [0, 0.05) is 66.1 Å². The third-order valence-corrected chi connectivity index (χ3v) is 11.3. The van der Waals surface area contributed by atoms with Gasteiger partial charge in [-0.25, -0.2) is 0 Å². The van der Waals surface area contributed by atoms with Crippen LogP contribution in [0.2, 0.25) is 0 Å². The van der Waals surface area contributed by atoms with Gasteiger partial charge in [-0.1, -0.05) is 127 Å². The molecule has 3 amide bonds. The molecule has 0 aliphatic heterocycles. The van der Waals surface area contributed by atoms with Crippen molar-refractivity contribution in [1.29, 1.82) is 0 Å². The summed E-state index contributed by atoms with van der Waals surface area (Å²) in [4.78, 5) is 43.3. The fourth-order valence-corrected chi connectivity index (χ4v) is 7.86. The molecule has 12 nitrogen and oxygen atoms in total. The minimum atomic E-state index is -0.542. The van der Waals surface area contributed by atoms with E-state index in [9.17, 15) is 14.4 Å². The van der Waals surface area contributed by atoms with E-state index in [0.717, 1.165) is 32.3 Å². The van der Waals surface area contributed by atoms with E-state index >= 15 is 0 Å². The molecule has 0 aliphatic carbocycles. The SMILES string of the molecule is O=C(Nc1ccc(N=Nc2ccccc2)c2ccccc12)c1cc(C(=O)Nc2ccc(N=Nc3ccccc3)c3ccccc23)cc(C(=O)Nc2ccc(N=Nc3ccccc3)c3ccccc23)c1. The van der Waals surface area contributed by atoms with Crippen LogP contribution in [0.25, 0.3) is 32.3 Å². The molecule has 0 fully saturated rings. The molecular formula is C57H39N9O3. The van der Waals surface area contributed by atoms with Crippen LogP contribution < -0.4 is 16.0 Å². The maximum Gasteiger partial charge on any atom is 0.255 e. The third kappa shape index (κ3) is 9.76. The van der Waals surface area contributed by atoms with Crippen molar-refractivity contribution in [3.8, 4) is 0 Å². The largest absolute Gasteiger partial charge is 0.321 e. The standard InChI is InChI=1S/C57H39N9O3/c67-55(58-49-28-31-52(46-25-13-10-22-43(46)49)64-61-40-16-4-1-5-17-40)37-34-38(56(68)59-50-29-32-53(47-26-14-11-23-44(47)50)65-62-41-18-6-2-7-19-41)36-39(35-37)57(69)60-51-30-33-54(48-27-15-12-24-45(48)51)66-63-42-20-8-3-9-21-42/h1-36H,(H,58,67)(H,59,68)(H,60,69). The maximum atomic E-state index is 14.4. The molecule has 330 valence electrons. The summed E-state index contributed by atoms with van der Waals surface area (Å²) in [5.74, 6) is -1.63. The van der Waals surface area contributed by atoms with Crippen LogP contribution in [0.5, 0.6) is 0 Å². The molecule has 69 heavy (non-hydrogen) atoms. The van der Waals surface area contributed by atoms with E-state index in [0.29, 0.717) is 51.2 Å². The normalized spacial score (nSPS) is 11.5. The van der Waals surface area contributed by atoms with E-state index in [1.54, 1.807) is 36.4 Å². The van der Waals surface area contributed by atoms with Gasteiger partial charge in [0.1, 0.15) is 0 Å². The van der Waals surface area contributed by atoms with Crippen molar-refractivity contribution in [3.63, 3.8) is 0 Å². The van der Waals surface area contributed by atoms with Gasteiger partial charge < -0.3 is 16.0 Å². The lowest BCUT2D eigenvalue weighted by Gasteiger charge is -2.15. The van der Waals surface area contributed by atoms with E-state index in [-0.39, 0.29) is 16.7 Å². The summed E-state index contributed by atoms with van der Waals surface area (Å²) in [6.45, 7) is 0. The zero-order valence-corrected chi connectivity index (χ0v) is 36.7. The first kappa shape index (κ1) is 43.1. The Balaban J connectivity index is 0.988. The van der Waals surface area contributed by atoms with E-state index in [4.69, 9.17) is 0 Å². The lowest BCUT2D eigenvalue weighted by molar-refractivity contribution is 0.102. The lowest BCUT2D eigenvalue weighted by atomic mass is 10.0. The van der Waals surface area contributed by atoms with Crippen LogP contribution in [0.1, 0.15) is 31.1 Å². The number of amides is 3. The van der Waals surface area contributed by atoms with Crippen molar-refractivity contribution in [2.75, 3.05) is 16.0 Å². The topological polar surface area (TPSA) is 161 Å². The molecule has 0 bridgehead atoms. The van der Waals surface area contributed by atoms with Gasteiger partial charge in [-0.15, -0.1) is 15.3 Å². The summed E-state index contributed by atoms with van der Waals surface area (Å²) in [6, 6.07) is 65.9. The monoisotopic (exact) mass is 897 g/mol. The van der Waals surface area contributed by atoms with Gasteiger partial charge in [0.05, 0.1) is 34.1 Å². The van der Waals surface area contributed by atoms with Crippen LogP contribution in [0, 0.1) is 0 Å². The minimum Gasteiger partial charge on any atom is -0.321 e.